The molecule has 14 heavy (non-hydrogen) atoms. The summed E-state index contributed by atoms with van der Waals surface area (Å²) < 4.78 is 0. The summed E-state index contributed by atoms with van der Waals surface area (Å²) in [6, 6.07) is 10.2. The minimum Gasteiger partial charge on any atom is -0.369 e. The van der Waals surface area contributed by atoms with Crippen LogP contribution >= 0.6 is 0 Å². The molecule has 1 unspecified atom stereocenters. The SMILES string of the molecule is NC1=NC=NC2(c3ccccc3)CN12. The highest BCUT2D eigenvalue weighted by atomic mass is 15.5. The molecule has 1 fully saturated rings. The highest BCUT2D eigenvalue weighted by Crippen LogP contribution is 2.44. The van der Waals surface area contributed by atoms with Crippen LogP contribution in [0.2, 0.25) is 0 Å². The van der Waals surface area contributed by atoms with E-state index in [9.17, 15) is 0 Å². The normalized spacial score (nSPS) is 28.3. The van der Waals surface area contributed by atoms with Gasteiger partial charge in [-0.15, -0.1) is 0 Å². The van der Waals surface area contributed by atoms with Crippen molar-refractivity contribution in [2.45, 2.75) is 5.66 Å². The summed E-state index contributed by atoms with van der Waals surface area (Å²) in [5, 5.41) is 0. The highest BCUT2D eigenvalue weighted by molar-refractivity contribution is 5.91. The predicted molar refractivity (Wildman–Crippen MR) is 54.9 cm³/mol. The number of aliphatic imine (C=N–C) groups is 2. The average Bonchev–Trinajstić information content (AvgIpc) is 2.97. The lowest BCUT2D eigenvalue weighted by Crippen LogP contribution is -2.30. The fourth-order valence-electron chi connectivity index (χ4n) is 1.85. The monoisotopic (exact) mass is 186 g/mol. The Hall–Kier alpha value is -1.84. The topological polar surface area (TPSA) is 53.7 Å². The van der Waals surface area contributed by atoms with Crippen molar-refractivity contribution in [1.82, 2.24) is 4.90 Å². The number of rotatable bonds is 1. The van der Waals surface area contributed by atoms with Gasteiger partial charge in [-0.1, -0.05) is 30.3 Å². The van der Waals surface area contributed by atoms with Gasteiger partial charge in [0, 0.05) is 5.56 Å². The maximum absolute atomic E-state index is 5.73. The molecular weight excluding hydrogens is 176 g/mol. The van der Waals surface area contributed by atoms with Gasteiger partial charge in [0.25, 0.3) is 0 Å². The standard InChI is InChI=1S/C10H10N4/c11-9-12-7-13-10(6-14(9)10)8-4-2-1-3-5-8/h1-5,7H,6H2,(H2,11,12,13). The van der Waals surface area contributed by atoms with Crippen LogP contribution in [0.3, 0.4) is 0 Å². The van der Waals surface area contributed by atoms with Gasteiger partial charge in [0.05, 0.1) is 6.54 Å². The fourth-order valence-corrected chi connectivity index (χ4v) is 1.85. The van der Waals surface area contributed by atoms with E-state index in [1.54, 1.807) is 6.34 Å². The molecule has 0 radical (unpaired) electrons. The Labute approximate surface area is 81.8 Å². The molecule has 1 aromatic rings. The van der Waals surface area contributed by atoms with E-state index in [0.29, 0.717) is 5.96 Å². The Morgan fingerprint density at radius 1 is 1.29 bits per heavy atom. The van der Waals surface area contributed by atoms with Crippen LogP contribution in [0.5, 0.6) is 0 Å². The van der Waals surface area contributed by atoms with Gasteiger partial charge in [0.2, 0.25) is 0 Å². The second-order valence-electron chi connectivity index (χ2n) is 3.50. The third-order valence-electron chi connectivity index (χ3n) is 2.70. The van der Waals surface area contributed by atoms with Gasteiger partial charge in [-0.2, -0.15) is 0 Å². The number of fused-ring (bicyclic) bond motifs is 1. The first-order valence-corrected chi connectivity index (χ1v) is 4.53. The molecule has 2 aliphatic rings. The first-order valence-electron chi connectivity index (χ1n) is 4.53. The van der Waals surface area contributed by atoms with Crippen molar-refractivity contribution < 1.29 is 0 Å². The molecule has 0 aromatic heterocycles. The van der Waals surface area contributed by atoms with E-state index in [1.807, 2.05) is 23.1 Å². The molecule has 0 bridgehead atoms. The third kappa shape index (κ3) is 0.824. The van der Waals surface area contributed by atoms with Gasteiger partial charge in [0.15, 0.2) is 11.6 Å². The molecule has 70 valence electrons. The maximum atomic E-state index is 5.73. The highest BCUT2D eigenvalue weighted by Gasteiger charge is 2.56. The second-order valence-corrected chi connectivity index (χ2v) is 3.50. The molecule has 4 heteroatoms. The Balaban J connectivity index is 2.04. The lowest BCUT2D eigenvalue weighted by molar-refractivity contribution is 0.562. The fraction of sp³-hybridized carbons (Fsp3) is 0.200. The molecule has 3 rings (SSSR count). The zero-order valence-corrected chi connectivity index (χ0v) is 7.59. The molecule has 1 saturated heterocycles. The summed E-state index contributed by atoms with van der Waals surface area (Å²) in [4.78, 5) is 10.3. The van der Waals surface area contributed by atoms with Crippen LogP contribution in [-0.4, -0.2) is 23.7 Å². The minimum absolute atomic E-state index is 0.243. The van der Waals surface area contributed by atoms with E-state index in [2.05, 4.69) is 22.1 Å². The van der Waals surface area contributed by atoms with Crippen molar-refractivity contribution >= 4 is 12.3 Å². The number of hydrogen-bond donors (Lipinski definition) is 1. The molecular formula is C10H10N4. The number of hydrogen-bond acceptors (Lipinski definition) is 4. The molecule has 1 aromatic carbocycles. The second kappa shape index (κ2) is 2.35. The first kappa shape index (κ1) is 7.55. The summed E-state index contributed by atoms with van der Waals surface area (Å²) in [5.41, 5.74) is 6.66. The zero-order valence-electron chi connectivity index (χ0n) is 7.59. The van der Waals surface area contributed by atoms with Gasteiger partial charge in [0.1, 0.15) is 6.34 Å². The molecule has 2 aliphatic heterocycles. The van der Waals surface area contributed by atoms with Gasteiger partial charge in [-0.05, 0) is 0 Å². The molecule has 0 amide bonds. The van der Waals surface area contributed by atoms with Crippen molar-refractivity contribution in [3.8, 4) is 0 Å². The van der Waals surface area contributed by atoms with E-state index in [0.717, 1.165) is 6.54 Å². The van der Waals surface area contributed by atoms with Crippen LogP contribution in [0.15, 0.2) is 40.3 Å². The van der Waals surface area contributed by atoms with E-state index >= 15 is 0 Å². The van der Waals surface area contributed by atoms with Gasteiger partial charge in [-0.25, -0.2) is 9.98 Å². The Kier molecular flexibility index (Phi) is 1.27. The average molecular weight is 186 g/mol. The van der Waals surface area contributed by atoms with Crippen molar-refractivity contribution in [3.63, 3.8) is 0 Å². The van der Waals surface area contributed by atoms with E-state index in [-0.39, 0.29) is 5.66 Å². The molecule has 1 atom stereocenters. The summed E-state index contributed by atoms with van der Waals surface area (Å²) in [5.74, 6) is 0.559. The van der Waals surface area contributed by atoms with Crippen molar-refractivity contribution in [1.29, 1.82) is 0 Å². The van der Waals surface area contributed by atoms with Crippen LogP contribution in [0, 0.1) is 0 Å². The first-order chi connectivity index (χ1) is 6.83. The maximum Gasteiger partial charge on any atom is 0.199 e. The molecule has 0 aliphatic carbocycles. The van der Waals surface area contributed by atoms with E-state index < -0.39 is 0 Å². The number of benzene rings is 1. The minimum atomic E-state index is -0.243. The summed E-state index contributed by atoms with van der Waals surface area (Å²) in [6.07, 6.45) is 1.55. The largest absolute Gasteiger partial charge is 0.369 e. The van der Waals surface area contributed by atoms with E-state index in [1.165, 1.54) is 5.56 Å². The van der Waals surface area contributed by atoms with Crippen LogP contribution in [-0.2, 0) is 5.66 Å². The van der Waals surface area contributed by atoms with Gasteiger partial charge < -0.3 is 10.6 Å². The van der Waals surface area contributed by atoms with Crippen LogP contribution in [0.1, 0.15) is 5.56 Å². The van der Waals surface area contributed by atoms with Crippen LogP contribution in [0.4, 0.5) is 0 Å². The summed E-state index contributed by atoms with van der Waals surface area (Å²) >= 11 is 0. The summed E-state index contributed by atoms with van der Waals surface area (Å²) in [6.45, 7) is 0.836. The quantitative estimate of drug-likeness (QED) is 0.650. The summed E-state index contributed by atoms with van der Waals surface area (Å²) in [7, 11) is 0. The molecule has 2 heterocycles. The lowest BCUT2D eigenvalue weighted by Gasteiger charge is -2.16. The molecule has 0 saturated carbocycles. The lowest BCUT2D eigenvalue weighted by atomic mass is 10.1. The van der Waals surface area contributed by atoms with Crippen molar-refractivity contribution in [3.05, 3.63) is 35.9 Å². The zero-order chi connectivity index (χ0) is 9.60. The number of guanidine groups is 1. The third-order valence-corrected chi connectivity index (χ3v) is 2.70. The van der Waals surface area contributed by atoms with E-state index in [4.69, 9.17) is 5.73 Å². The molecule has 4 nitrogen and oxygen atoms in total. The van der Waals surface area contributed by atoms with Crippen LogP contribution in [0.25, 0.3) is 0 Å². The Morgan fingerprint density at radius 3 is 2.86 bits per heavy atom. The van der Waals surface area contributed by atoms with Gasteiger partial charge in [-0.3, -0.25) is 0 Å². The van der Waals surface area contributed by atoms with Crippen molar-refractivity contribution in [2.24, 2.45) is 15.7 Å². The smallest absolute Gasteiger partial charge is 0.199 e. The Morgan fingerprint density at radius 2 is 2.07 bits per heavy atom. The predicted octanol–water partition coefficient (Wildman–Crippen LogP) is 0.512. The number of nitrogens with two attached hydrogens (primary N) is 1. The molecule has 2 N–H and O–H groups in total. The van der Waals surface area contributed by atoms with Gasteiger partial charge >= 0.3 is 0 Å². The number of nitrogens with zero attached hydrogens (tertiary/aromatic N) is 3. The molecule has 0 spiro atoms. The van der Waals surface area contributed by atoms with Crippen molar-refractivity contribution in [2.75, 3.05) is 6.54 Å². The Bertz CT molecular complexity index is 423. The van der Waals surface area contributed by atoms with Crippen LogP contribution < -0.4 is 5.73 Å².